The van der Waals surface area contributed by atoms with E-state index in [0.29, 0.717) is 20.9 Å². The Kier molecular flexibility index (Phi) is 7.41. The van der Waals surface area contributed by atoms with E-state index in [2.05, 4.69) is 21.1 Å². The minimum Gasteiger partial charge on any atom is -0.495 e. The molecular formula is C20H22Cl2N4O2S. The number of carbonyl (C=O) groups is 1. The van der Waals surface area contributed by atoms with E-state index in [1.807, 2.05) is 18.2 Å². The molecule has 6 nitrogen and oxygen atoms in total. The van der Waals surface area contributed by atoms with Gasteiger partial charge in [0.1, 0.15) is 5.75 Å². The van der Waals surface area contributed by atoms with Crippen molar-refractivity contribution in [3.8, 4) is 5.75 Å². The molecule has 9 heteroatoms. The van der Waals surface area contributed by atoms with Crippen LogP contribution in [0.1, 0.15) is 12.8 Å². The van der Waals surface area contributed by atoms with Crippen LogP contribution in [0.4, 0.5) is 11.4 Å². The fraction of sp³-hybridized carbons (Fsp3) is 0.300. The average Bonchev–Trinajstić information content (AvgIpc) is 2.74. The zero-order valence-corrected chi connectivity index (χ0v) is 18.2. The predicted octanol–water partition coefficient (Wildman–Crippen LogP) is 4.24. The number of piperidine rings is 1. The summed E-state index contributed by atoms with van der Waals surface area (Å²) in [6.45, 7) is 1.55. The normalized spacial score (nSPS) is 14.2. The van der Waals surface area contributed by atoms with Gasteiger partial charge in [-0.25, -0.2) is 0 Å². The van der Waals surface area contributed by atoms with E-state index in [1.165, 1.54) is 0 Å². The summed E-state index contributed by atoms with van der Waals surface area (Å²) in [5, 5.41) is 4.53. The molecule has 1 aliphatic rings. The zero-order valence-electron chi connectivity index (χ0n) is 15.9. The van der Waals surface area contributed by atoms with Crippen LogP contribution in [0.5, 0.6) is 5.75 Å². The first-order chi connectivity index (χ1) is 14.0. The van der Waals surface area contributed by atoms with Crippen LogP contribution in [0.25, 0.3) is 0 Å². The van der Waals surface area contributed by atoms with Gasteiger partial charge in [0.15, 0.2) is 5.11 Å². The molecule has 3 N–H and O–H groups in total. The molecule has 154 valence electrons. The van der Waals surface area contributed by atoms with Gasteiger partial charge in [-0.05, 0) is 61.5 Å². The first-order valence-electron chi connectivity index (χ1n) is 9.17. The van der Waals surface area contributed by atoms with Crippen molar-refractivity contribution in [3.05, 3.63) is 52.5 Å². The van der Waals surface area contributed by atoms with E-state index in [-0.39, 0.29) is 11.8 Å². The lowest BCUT2D eigenvalue weighted by Gasteiger charge is -2.33. The quantitative estimate of drug-likeness (QED) is 0.476. The predicted molar refractivity (Wildman–Crippen MR) is 122 cm³/mol. The molecule has 0 spiro atoms. The molecule has 2 aromatic rings. The number of methoxy groups -OCH3 is 1. The highest BCUT2D eigenvalue weighted by atomic mass is 35.5. The monoisotopic (exact) mass is 452 g/mol. The third-order valence-corrected chi connectivity index (χ3v) is 5.54. The Hall–Kier alpha value is -2.22. The first kappa shape index (κ1) is 21.5. The van der Waals surface area contributed by atoms with Crippen molar-refractivity contribution in [1.82, 2.24) is 10.9 Å². The number of rotatable bonds is 4. The van der Waals surface area contributed by atoms with Crippen LogP contribution < -0.4 is 25.8 Å². The number of benzene rings is 2. The van der Waals surface area contributed by atoms with Gasteiger partial charge >= 0.3 is 0 Å². The fourth-order valence-corrected chi connectivity index (χ4v) is 3.65. The molecule has 3 rings (SSSR count). The van der Waals surface area contributed by atoms with E-state index in [4.69, 9.17) is 40.2 Å². The van der Waals surface area contributed by atoms with Crippen LogP contribution in [-0.4, -0.2) is 31.2 Å². The highest BCUT2D eigenvalue weighted by Crippen LogP contribution is 2.31. The molecule has 0 bridgehead atoms. The highest BCUT2D eigenvalue weighted by molar-refractivity contribution is 7.80. The molecule has 2 aromatic carbocycles. The van der Waals surface area contributed by atoms with Gasteiger partial charge in [0.25, 0.3) is 0 Å². The van der Waals surface area contributed by atoms with Crippen LogP contribution in [0.2, 0.25) is 10.0 Å². The van der Waals surface area contributed by atoms with Crippen LogP contribution in [-0.2, 0) is 4.79 Å². The van der Waals surface area contributed by atoms with Gasteiger partial charge < -0.3 is 15.0 Å². The smallest absolute Gasteiger partial charge is 0.241 e. The summed E-state index contributed by atoms with van der Waals surface area (Å²) < 4.78 is 5.28. The third-order valence-electron chi connectivity index (χ3n) is 4.77. The number of hydrazine groups is 1. The molecule has 1 amide bonds. The Balaban J connectivity index is 1.45. The molecule has 0 unspecified atom stereocenters. The van der Waals surface area contributed by atoms with Crippen molar-refractivity contribution >= 4 is 57.8 Å². The Morgan fingerprint density at radius 1 is 1.10 bits per heavy atom. The Morgan fingerprint density at radius 3 is 2.45 bits per heavy atom. The molecule has 0 aliphatic carbocycles. The minimum atomic E-state index is -0.0775. The molecule has 1 saturated heterocycles. The van der Waals surface area contributed by atoms with Crippen molar-refractivity contribution in [3.63, 3.8) is 0 Å². The number of hydrogen-bond acceptors (Lipinski definition) is 4. The van der Waals surface area contributed by atoms with E-state index in [9.17, 15) is 4.79 Å². The maximum absolute atomic E-state index is 12.5. The summed E-state index contributed by atoms with van der Waals surface area (Å²) in [6, 6.07) is 12.8. The van der Waals surface area contributed by atoms with Gasteiger partial charge in [-0.3, -0.25) is 15.6 Å². The van der Waals surface area contributed by atoms with Crippen molar-refractivity contribution in [2.75, 3.05) is 30.4 Å². The lowest BCUT2D eigenvalue weighted by Crippen LogP contribution is -2.48. The summed E-state index contributed by atoms with van der Waals surface area (Å²) in [5.41, 5.74) is 7.26. The molecule has 1 heterocycles. The average molecular weight is 453 g/mol. The number of nitrogens with one attached hydrogen (secondary N) is 3. The number of carbonyl (C=O) groups excluding carboxylic acids is 1. The summed E-state index contributed by atoms with van der Waals surface area (Å²) >= 11 is 17.2. The molecular weight excluding hydrogens is 431 g/mol. The molecule has 29 heavy (non-hydrogen) atoms. The van der Waals surface area contributed by atoms with E-state index < -0.39 is 0 Å². The summed E-state index contributed by atoms with van der Waals surface area (Å²) in [7, 11) is 1.60. The number of ether oxygens (including phenoxy) is 1. The SMILES string of the molecule is COc1cc(N2CCC(C(=O)NNC(=S)Nc3ccc(Cl)cc3)CC2)ccc1Cl. The van der Waals surface area contributed by atoms with Crippen LogP contribution in [0.15, 0.2) is 42.5 Å². The van der Waals surface area contributed by atoms with Crippen molar-refractivity contribution in [2.45, 2.75) is 12.8 Å². The van der Waals surface area contributed by atoms with Crippen LogP contribution in [0, 0.1) is 5.92 Å². The number of halogens is 2. The Morgan fingerprint density at radius 2 is 1.79 bits per heavy atom. The topological polar surface area (TPSA) is 65.6 Å². The summed E-state index contributed by atoms with van der Waals surface area (Å²) in [6.07, 6.45) is 1.49. The third kappa shape index (κ3) is 5.88. The van der Waals surface area contributed by atoms with Crippen molar-refractivity contribution in [1.29, 1.82) is 0 Å². The van der Waals surface area contributed by atoms with Crippen molar-refractivity contribution < 1.29 is 9.53 Å². The first-order valence-corrected chi connectivity index (χ1v) is 10.3. The van der Waals surface area contributed by atoms with E-state index >= 15 is 0 Å². The number of nitrogens with zero attached hydrogens (tertiary/aromatic N) is 1. The second kappa shape index (κ2) is 10.0. The maximum Gasteiger partial charge on any atom is 0.241 e. The van der Waals surface area contributed by atoms with Crippen LogP contribution in [0.3, 0.4) is 0 Å². The van der Waals surface area contributed by atoms with Gasteiger partial charge in [0.05, 0.1) is 12.1 Å². The number of hydrogen-bond donors (Lipinski definition) is 3. The molecule has 0 radical (unpaired) electrons. The Labute approximate surface area is 185 Å². The van der Waals surface area contributed by atoms with Crippen LogP contribution >= 0.6 is 35.4 Å². The van der Waals surface area contributed by atoms with Gasteiger partial charge in [0.2, 0.25) is 5.91 Å². The molecule has 1 aliphatic heterocycles. The highest BCUT2D eigenvalue weighted by Gasteiger charge is 2.25. The number of anilines is 2. The van der Waals surface area contributed by atoms with Gasteiger partial charge in [-0.1, -0.05) is 23.2 Å². The van der Waals surface area contributed by atoms with Gasteiger partial charge in [-0.15, -0.1) is 0 Å². The van der Waals surface area contributed by atoms with Gasteiger partial charge in [0, 0.05) is 41.5 Å². The zero-order chi connectivity index (χ0) is 20.8. The van der Waals surface area contributed by atoms with E-state index in [1.54, 1.807) is 31.4 Å². The molecule has 0 saturated carbocycles. The van der Waals surface area contributed by atoms with Gasteiger partial charge in [-0.2, -0.15) is 0 Å². The second-order valence-corrected chi connectivity index (χ2v) is 7.91. The molecule has 0 atom stereocenters. The summed E-state index contributed by atoms with van der Waals surface area (Å²) in [5.74, 6) is 0.500. The standard InChI is InChI=1S/C20H22Cl2N4O2S/c1-28-18-12-16(6-7-17(18)22)26-10-8-13(9-11-26)19(27)24-25-20(29)23-15-4-2-14(21)3-5-15/h2-7,12-13H,8-11H2,1H3,(H,24,27)(H2,23,25,29). The fourth-order valence-electron chi connectivity index (χ4n) is 3.16. The lowest BCUT2D eigenvalue weighted by atomic mass is 9.96. The molecule has 1 fully saturated rings. The summed E-state index contributed by atoms with van der Waals surface area (Å²) in [4.78, 5) is 14.7. The number of amides is 1. The lowest BCUT2D eigenvalue weighted by molar-refractivity contribution is -0.126. The Bertz CT molecular complexity index is 871. The van der Waals surface area contributed by atoms with E-state index in [0.717, 1.165) is 37.3 Å². The minimum absolute atomic E-state index is 0.0707. The van der Waals surface area contributed by atoms with Crippen molar-refractivity contribution in [2.24, 2.45) is 5.92 Å². The number of thiocarbonyl (C=S) groups is 1. The second-order valence-electron chi connectivity index (χ2n) is 6.66. The molecule has 0 aromatic heterocycles. The maximum atomic E-state index is 12.5. The largest absolute Gasteiger partial charge is 0.495 e.